The number of aliphatic hydroxyl groups is 1. The quantitative estimate of drug-likeness (QED) is 0.362. The average Bonchev–Trinajstić information content (AvgIpc) is 3.41. The van der Waals surface area contributed by atoms with Crippen LogP contribution in [0.25, 0.3) is 38.9 Å². The lowest BCUT2D eigenvalue weighted by atomic mass is 10.1. The first-order valence-electron chi connectivity index (χ1n) is 10.3. The zero-order chi connectivity index (χ0) is 24.0. The third-order valence-corrected chi connectivity index (χ3v) is 7.11. The Morgan fingerprint density at radius 1 is 1.09 bits per heavy atom. The van der Waals surface area contributed by atoms with Crippen molar-refractivity contribution >= 4 is 49.6 Å². The lowest BCUT2D eigenvalue weighted by Crippen LogP contribution is -2.11. The highest BCUT2D eigenvalue weighted by atomic mass is 35.5. The molecule has 0 fully saturated rings. The molecule has 34 heavy (non-hydrogen) atoms. The molecule has 4 aromatic heterocycles. The zero-order valence-electron chi connectivity index (χ0n) is 18.0. The largest absolute Gasteiger partial charge is 0.390 e. The van der Waals surface area contributed by atoms with Crippen LogP contribution in [0.1, 0.15) is 5.69 Å². The molecule has 4 heterocycles. The van der Waals surface area contributed by atoms with Gasteiger partial charge in [0.25, 0.3) is 0 Å². The van der Waals surface area contributed by atoms with E-state index in [0.717, 1.165) is 22.0 Å². The van der Waals surface area contributed by atoms with Crippen molar-refractivity contribution in [2.45, 2.75) is 13.2 Å². The van der Waals surface area contributed by atoms with Gasteiger partial charge in [-0.15, -0.1) is 0 Å². The minimum absolute atomic E-state index is 0.0100. The molecule has 0 aliphatic heterocycles. The maximum atomic E-state index is 11.5. The van der Waals surface area contributed by atoms with E-state index in [9.17, 15) is 13.5 Å². The number of nitrogens with zero attached hydrogens (tertiary/aromatic N) is 5. The predicted octanol–water partition coefficient (Wildman–Crippen LogP) is 4.26. The van der Waals surface area contributed by atoms with Gasteiger partial charge in [-0.1, -0.05) is 29.3 Å². The molecule has 1 aromatic carbocycles. The molecule has 0 bridgehead atoms. The second-order valence-corrected chi connectivity index (χ2v) is 11.0. The Kier molecular flexibility index (Phi) is 5.81. The van der Waals surface area contributed by atoms with E-state index in [1.54, 1.807) is 52.1 Å². The number of pyridine rings is 2. The van der Waals surface area contributed by atoms with Crippen LogP contribution < -0.4 is 0 Å². The molecule has 0 saturated heterocycles. The average molecular weight is 516 g/mol. The summed E-state index contributed by atoms with van der Waals surface area (Å²) in [4.78, 5) is 9.38. The summed E-state index contributed by atoms with van der Waals surface area (Å²) < 4.78 is 26.3. The molecular formula is C23H19Cl2N5O3S. The van der Waals surface area contributed by atoms with Crippen molar-refractivity contribution < 1.29 is 13.5 Å². The Morgan fingerprint density at radius 3 is 2.56 bits per heavy atom. The van der Waals surface area contributed by atoms with Crippen LogP contribution in [0.4, 0.5) is 0 Å². The molecule has 174 valence electrons. The number of aromatic nitrogens is 5. The summed E-state index contributed by atoms with van der Waals surface area (Å²) in [5, 5.41) is 16.1. The van der Waals surface area contributed by atoms with E-state index in [1.165, 1.54) is 6.26 Å². The van der Waals surface area contributed by atoms with Crippen LogP contribution >= 0.6 is 23.2 Å². The van der Waals surface area contributed by atoms with Crippen molar-refractivity contribution in [3.63, 3.8) is 0 Å². The fraction of sp³-hybridized carbons (Fsp3) is 0.174. The Bertz CT molecular complexity index is 1640. The van der Waals surface area contributed by atoms with Gasteiger partial charge in [0, 0.05) is 46.9 Å². The summed E-state index contributed by atoms with van der Waals surface area (Å²) in [7, 11) is -3.09. The molecule has 0 aliphatic rings. The van der Waals surface area contributed by atoms with E-state index in [0.29, 0.717) is 32.6 Å². The van der Waals surface area contributed by atoms with E-state index < -0.39 is 9.84 Å². The molecule has 0 amide bonds. The number of fused-ring (bicyclic) bond motifs is 3. The number of benzene rings is 1. The van der Waals surface area contributed by atoms with Crippen molar-refractivity contribution in [1.82, 2.24) is 24.1 Å². The predicted molar refractivity (Wildman–Crippen MR) is 133 cm³/mol. The van der Waals surface area contributed by atoms with Crippen LogP contribution in [-0.2, 0) is 23.0 Å². The first kappa shape index (κ1) is 22.8. The third-order valence-electron chi connectivity index (χ3n) is 5.56. The molecule has 8 nitrogen and oxygen atoms in total. The summed E-state index contributed by atoms with van der Waals surface area (Å²) >= 11 is 12.9. The molecule has 0 aliphatic carbocycles. The lowest BCUT2D eigenvalue weighted by molar-refractivity contribution is 0.276. The second kappa shape index (κ2) is 8.66. The van der Waals surface area contributed by atoms with Crippen LogP contribution in [0.2, 0.25) is 10.0 Å². The van der Waals surface area contributed by atoms with Crippen LogP contribution in [0.3, 0.4) is 0 Å². The van der Waals surface area contributed by atoms with Gasteiger partial charge in [-0.3, -0.25) is 9.67 Å². The fourth-order valence-corrected chi connectivity index (χ4v) is 4.97. The molecule has 0 spiro atoms. The number of imidazole rings is 1. The standard InChI is InChI=1S/C23H19Cl2N5O3S/c1-34(32,33)8-7-29-12-15(11-27-29)14-9-16-19(26-10-14)5-6-30-20(13-31)22(28-23(16)30)21-17(24)3-2-4-18(21)25/h2-6,9-12,31H,7-8,13H2,1H3. The molecule has 5 rings (SSSR count). The third kappa shape index (κ3) is 4.16. The van der Waals surface area contributed by atoms with E-state index in [4.69, 9.17) is 28.2 Å². The van der Waals surface area contributed by atoms with Crippen molar-refractivity contribution in [2.24, 2.45) is 0 Å². The monoisotopic (exact) mass is 515 g/mol. The Hall–Kier alpha value is -2.98. The number of hydrogen-bond acceptors (Lipinski definition) is 6. The first-order chi connectivity index (χ1) is 16.2. The van der Waals surface area contributed by atoms with Crippen molar-refractivity contribution in [3.05, 3.63) is 70.9 Å². The topological polar surface area (TPSA) is 102 Å². The first-order valence-corrected chi connectivity index (χ1v) is 13.1. The van der Waals surface area contributed by atoms with Crippen LogP contribution in [0.5, 0.6) is 0 Å². The van der Waals surface area contributed by atoms with Gasteiger partial charge < -0.3 is 9.51 Å². The Balaban J connectivity index is 1.64. The summed E-state index contributed by atoms with van der Waals surface area (Å²) in [6, 6.07) is 9.01. The smallest absolute Gasteiger partial charge is 0.149 e. The highest BCUT2D eigenvalue weighted by molar-refractivity contribution is 7.90. The lowest BCUT2D eigenvalue weighted by Gasteiger charge is -2.06. The molecule has 1 N–H and O–H groups in total. The minimum atomic E-state index is -3.09. The summed E-state index contributed by atoms with van der Waals surface area (Å²) in [5.41, 5.74) is 4.56. The molecule has 0 saturated carbocycles. The summed E-state index contributed by atoms with van der Waals surface area (Å²) in [6.45, 7) is 0.00987. The number of aliphatic hydroxyl groups excluding tert-OH is 1. The molecule has 0 radical (unpaired) electrons. The van der Waals surface area contributed by atoms with Crippen molar-refractivity contribution in [1.29, 1.82) is 0 Å². The maximum Gasteiger partial charge on any atom is 0.149 e. The summed E-state index contributed by atoms with van der Waals surface area (Å²) in [5.74, 6) is 0.0100. The number of aryl methyl sites for hydroxylation is 1. The molecule has 5 aromatic rings. The number of hydrogen-bond donors (Lipinski definition) is 1. The van der Waals surface area contributed by atoms with Gasteiger partial charge in [-0.25, -0.2) is 13.4 Å². The summed E-state index contributed by atoms with van der Waals surface area (Å²) in [6.07, 6.45) is 8.20. The van der Waals surface area contributed by atoms with Crippen LogP contribution in [-0.4, -0.2) is 49.7 Å². The normalized spacial score (nSPS) is 12.1. The molecule has 0 unspecified atom stereocenters. The van der Waals surface area contributed by atoms with Crippen LogP contribution in [0.15, 0.2) is 55.1 Å². The Morgan fingerprint density at radius 2 is 1.85 bits per heavy atom. The van der Waals surface area contributed by atoms with Gasteiger partial charge in [-0.05, 0) is 24.3 Å². The minimum Gasteiger partial charge on any atom is -0.390 e. The van der Waals surface area contributed by atoms with Gasteiger partial charge in [0.05, 0.1) is 52.1 Å². The van der Waals surface area contributed by atoms with E-state index in [-0.39, 0.29) is 18.9 Å². The van der Waals surface area contributed by atoms with E-state index in [2.05, 4.69) is 10.1 Å². The van der Waals surface area contributed by atoms with Gasteiger partial charge in [0.15, 0.2) is 0 Å². The number of halogens is 2. The van der Waals surface area contributed by atoms with Gasteiger partial charge in [-0.2, -0.15) is 5.10 Å². The van der Waals surface area contributed by atoms with Crippen molar-refractivity contribution in [2.75, 3.05) is 12.0 Å². The highest BCUT2D eigenvalue weighted by Gasteiger charge is 2.20. The van der Waals surface area contributed by atoms with E-state index in [1.807, 2.05) is 12.1 Å². The number of sulfone groups is 1. The van der Waals surface area contributed by atoms with E-state index >= 15 is 0 Å². The molecule has 0 atom stereocenters. The SMILES string of the molecule is CS(=O)(=O)CCn1cc(-c2cnc3ccn4c(CO)c(-c5c(Cl)cccc5Cl)nc4c3c2)cn1. The van der Waals surface area contributed by atoms with Crippen molar-refractivity contribution in [3.8, 4) is 22.4 Å². The zero-order valence-corrected chi connectivity index (χ0v) is 20.3. The van der Waals surface area contributed by atoms with Crippen LogP contribution in [0, 0.1) is 0 Å². The van der Waals surface area contributed by atoms with Gasteiger partial charge >= 0.3 is 0 Å². The number of rotatable bonds is 6. The van der Waals surface area contributed by atoms with Gasteiger partial charge in [0.1, 0.15) is 15.5 Å². The highest BCUT2D eigenvalue weighted by Crippen LogP contribution is 2.37. The molecule has 11 heteroatoms. The Labute approximate surface area is 205 Å². The molecular weight excluding hydrogens is 497 g/mol. The maximum absolute atomic E-state index is 11.5. The fourth-order valence-electron chi connectivity index (χ4n) is 3.88. The van der Waals surface area contributed by atoms with Gasteiger partial charge in [0.2, 0.25) is 0 Å². The second-order valence-electron chi connectivity index (χ2n) is 7.95.